The van der Waals surface area contributed by atoms with Gasteiger partial charge < -0.3 is 10.6 Å². The van der Waals surface area contributed by atoms with E-state index >= 15 is 13.2 Å². The lowest BCUT2D eigenvalue weighted by molar-refractivity contribution is -0.103. The average Bonchev–Trinajstić information content (AvgIpc) is 3.59. The van der Waals surface area contributed by atoms with E-state index in [1.54, 1.807) is 0 Å². The second-order valence-electron chi connectivity index (χ2n) is 9.09. The van der Waals surface area contributed by atoms with E-state index in [4.69, 9.17) is 5.73 Å². The van der Waals surface area contributed by atoms with Crippen molar-refractivity contribution < 1.29 is 13.2 Å². The minimum absolute atomic E-state index is 0.0547. The summed E-state index contributed by atoms with van der Waals surface area (Å²) in [6.45, 7) is 2.60. The molecule has 30 heavy (non-hydrogen) atoms. The van der Waals surface area contributed by atoms with Crippen LogP contribution in [0.2, 0.25) is 0 Å². The van der Waals surface area contributed by atoms with Crippen LogP contribution in [0.5, 0.6) is 0 Å². The van der Waals surface area contributed by atoms with E-state index in [1.807, 2.05) is 9.88 Å². The fourth-order valence-electron chi connectivity index (χ4n) is 5.00. The van der Waals surface area contributed by atoms with E-state index in [1.165, 1.54) is 6.92 Å². The third kappa shape index (κ3) is 2.97. The van der Waals surface area contributed by atoms with Gasteiger partial charge in [0.2, 0.25) is 0 Å². The standard InChI is InChI=1S/C21H25F3N4O2/c1-10-17-14(19(29)26-20(30)28(17)21(23,24)13-4-5-13)8-15(22)18(10)27-7-6-12(9-27)16(25)11-2-3-11/h8,11-13,16H,2-7,9,25H2,1H3,(H,26,29,30). The first-order valence-electron chi connectivity index (χ1n) is 10.6. The Bertz CT molecular complexity index is 1130. The van der Waals surface area contributed by atoms with Gasteiger partial charge in [-0.25, -0.2) is 13.8 Å². The van der Waals surface area contributed by atoms with Gasteiger partial charge in [-0.2, -0.15) is 8.78 Å². The maximum atomic E-state index is 15.1. The van der Waals surface area contributed by atoms with Crippen LogP contribution in [0.15, 0.2) is 15.7 Å². The van der Waals surface area contributed by atoms with Gasteiger partial charge >= 0.3 is 11.7 Å². The molecule has 1 aromatic carbocycles. The summed E-state index contributed by atoms with van der Waals surface area (Å²) >= 11 is 0. The Morgan fingerprint density at radius 1 is 1.17 bits per heavy atom. The van der Waals surface area contributed by atoms with E-state index in [-0.39, 0.29) is 34.1 Å². The summed E-state index contributed by atoms with van der Waals surface area (Å²) in [5, 5.41) is -0.237. The van der Waals surface area contributed by atoms with Crippen LogP contribution >= 0.6 is 0 Å². The Labute approximate surface area is 170 Å². The maximum Gasteiger partial charge on any atom is 0.336 e. The third-order valence-corrected chi connectivity index (χ3v) is 6.97. The molecule has 2 aromatic rings. The second-order valence-corrected chi connectivity index (χ2v) is 9.09. The summed E-state index contributed by atoms with van der Waals surface area (Å²) < 4.78 is 45.5. The van der Waals surface area contributed by atoms with Gasteiger partial charge in [-0.15, -0.1) is 0 Å². The number of halogens is 3. The normalized spacial score (nSPS) is 23.4. The predicted molar refractivity (Wildman–Crippen MR) is 107 cm³/mol. The number of nitrogens with zero attached hydrogens (tertiary/aromatic N) is 2. The first-order chi connectivity index (χ1) is 14.2. The zero-order valence-corrected chi connectivity index (χ0v) is 16.8. The molecule has 6 nitrogen and oxygen atoms in total. The number of nitrogens with two attached hydrogens (primary N) is 1. The van der Waals surface area contributed by atoms with Gasteiger partial charge in [0.05, 0.1) is 16.6 Å². The number of anilines is 1. The van der Waals surface area contributed by atoms with E-state index in [0.29, 0.717) is 36.4 Å². The van der Waals surface area contributed by atoms with Crippen LogP contribution < -0.4 is 21.9 Å². The molecule has 2 saturated carbocycles. The number of benzene rings is 1. The number of hydrogen-bond acceptors (Lipinski definition) is 4. The molecule has 2 atom stereocenters. The van der Waals surface area contributed by atoms with Gasteiger partial charge in [0.25, 0.3) is 5.56 Å². The van der Waals surface area contributed by atoms with Crippen molar-refractivity contribution in [3.8, 4) is 0 Å². The van der Waals surface area contributed by atoms with E-state index in [9.17, 15) is 9.59 Å². The predicted octanol–water partition coefficient (Wildman–Crippen LogP) is 2.66. The largest absolute Gasteiger partial charge is 0.369 e. The highest BCUT2D eigenvalue weighted by molar-refractivity contribution is 5.87. The van der Waals surface area contributed by atoms with E-state index in [0.717, 1.165) is 25.3 Å². The highest BCUT2D eigenvalue weighted by atomic mass is 19.3. The van der Waals surface area contributed by atoms with E-state index in [2.05, 4.69) is 0 Å². The van der Waals surface area contributed by atoms with Crippen molar-refractivity contribution in [1.29, 1.82) is 0 Å². The van der Waals surface area contributed by atoms with Crippen LogP contribution in [0.25, 0.3) is 10.9 Å². The van der Waals surface area contributed by atoms with E-state index < -0.39 is 29.0 Å². The minimum atomic E-state index is -3.44. The zero-order valence-electron chi connectivity index (χ0n) is 16.8. The number of rotatable bonds is 5. The zero-order chi connectivity index (χ0) is 21.4. The van der Waals surface area contributed by atoms with Crippen molar-refractivity contribution in [1.82, 2.24) is 9.55 Å². The van der Waals surface area contributed by atoms with Gasteiger partial charge in [0, 0.05) is 30.6 Å². The lowest BCUT2D eigenvalue weighted by Gasteiger charge is -2.26. The molecule has 3 aliphatic rings. The lowest BCUT2D eigenvalue weighted by atomic mass is 9.96. The molecule has 9 heteroatoms. The number of fused-ring (bicyclic) bond motifs is 1. The average molecular weight is 422 g/mol. The number of nitrogens with one attached hydrogen (secondary N) is 1. The number of hydrogen-bond donors (Lipinski definition) is 2. The molecule has 2 aliphatic carbocycles. The Morgan fingerprint density at radius 2 is 1.87 bits per heavy atom. The molecule has 3 fully saturated rings. The lowest BCUT2D eigenvalue weighted by Crippen LogP contribution is -2.41. The first-order valence-corrected chi connectivity index (χ1v) is 10.6. The quantitative estimate of drug-likeness (QED) is 0.776. The molecule has 162 valence electrons. The second kappa shape index (κ2) is 6.60. The molecule has 2 heterocycles. The van der Waals surface area contributed by atoms with Gasteiger partial charge in [-0.05, 0) is 56.9 Å². The van der Waals surface area contributed by atoms with Crippen LogP contribution in [-0.2, 0) is 6.05 Å². The Balaban J connectivity index is 1.65. The Hall–Kier alpha value is -2.29. The SMILES string of the molecule is Cc1c(N2CCC(C(N)C3CC3)C2)c(F)cc2c(=O)[nH]c(=O)n(C(F)(F)C3CC3)c12. The van der Waals surface area contributed by atoms with Crippen molar-refractivity contribution >= 4 is 16.6 Å². The molecule has 2 unspecified atom stereocenters. The fraction of sp³-hybridized carbons (Fsp3) is 0.619. The monoisotopic (exact) mass is 422 g/mol. The van der Waals surface area contributed by atoms with Crippen LogP contribution in [0, 0.1) is 30.5 Å². The van der Waals surface area contributed by atoms with Crippen LogP contribution in [0.3, 0.4) is 0 Å². The smallest absolute Gasteiger partial charge is 0.336 e. The van der Waals surface area contributed by atoms with Crippen molar-refractivity contribution in [2.75, 3.05) is 18.0 Å². The summed E-state index contributed by atoms with van der Waals surface area (Å²) in [6, 6.07) is -2.41. The molecular weight excluding hydrogens is 397 g/mol. The first kappa shape index (κ1) is 19.7. The van der Waals surface area contributed by atoms with Gasteiger partial charge in [-0.3, -0.25) is 9.78 Å². The number of alkyl halides is 2. The van der Waals surface area contributed by atoms with Gasteiger partial charge in [0.15, 0.2) is 0 Å². The van der Waals surface area contributed by atoms with Crippen LogP contribution in [-0.4, -0.2) is 28.7 Å². The van der Waals surface area contributed by atoms with Crippen molar-refractivity contribution in [2.45, 2.75) is 51.1 Å². The summed E-state index contributed by atoms with van der Waals surface area (Å²) in [4.78, 5) is 28.5. The highest BCUT2D eigenvalue weighted by Gasteiger charge is 2.50. The molecule has 1 aliphatic heterocycles. The van der Waals surface area contributed by atoms with Gasteiger partial charge in [-0.1, -0.05) is 0 Å². The molecule has 0 spiro atoms. The molecule has 0 radical (unpaired) electrons. The summed E-state index contributed by atoms with van der Waals surface area (Å²) in [7, 11) is 0. The maximum absolute atomic E-state index is 15.1. The Morgan fingerprint density at radius 3 is 2.50 bits per heavy atom. The molecule has 3 N–H and O–H groups in total. The van der Waals surface area contributed by atoms with Gasteiger partial charge in [0.1, 0.15) is 5.82 Å². The fourth-order valence-corrected chi connectivity index (χ4v) is 5.00. The van der Waals surface area contributed by atoms with Crippen molar-refractivity contribution in [3.05, 3.63) is 38.3 Å². The summed E-state index contributed by atoms with van der Waals surface area (Å²) in [5.74, 6) is -0.879. The molecule has 0 bridgehead atoms. The topological polar surface area (TPSA) is 84.1 Å². The van der Waals surface area contributed by atoms with Crippen molar-refractivity contribution in [3.63, 3.8) is 0 Å². The molecular formula is C21H25F3N4O2. The molecule has 0 amide bonds. The summed E-state index contributed by atoms with van der Waals surface area (Å²) in [6.07, 6.45) is 3.65. The minimum Gasteiger partial charge on any atom is -0.369 e. The van der Waals surface area contributed by atoms with Crippen LogP contribution in [0.4, 0.5) is 18.9 Å². The highest BCUT2D eigenvalue weighted by Crippen LogP contribution is 2.47. The molecule has 1 saturated heterocycles. The van der Waals surface area contributed by atoms with Crippen molar-refractivity contribution in [2.24, 2.45) is 23.5 Å². The molecule has 5 rings (SSSR count). The number of aromatic nitrogens is 2. The summed E-state index contributed by atoms with van der Waals surface area (Å²) in [5.41, 5.74) is 4.50. The molecule has 1 aromatic heterocycles. The number of aromatic amines is 1. The number of aryl methyl sites for hydroxylation is 1. The Kier molecular flexibility index (Phi) is 4.33. The number of H-pyrrole nitrogens is 1. The third-order valence-electron chi connectivity index (χ3n) is 6.97. The van der Waals surface area contributed by atoms with Crippen LogP contribution in [0.1, 0.15) is 37.7 Å².